The van der Waals surface area contributed by atoms with Crippen molar-refractivity contribution in [2.75, 3.05) is 11.9 Å². The molecule has 1 N–H and O–H groups in total. The van der Waals surface area contributed by atoms with Gasteiger partial charge in [0.25, 0.3) is 0 Å². The SMILES string of the molecule is CCCNc1ncnc(-n2nc(C)c(Cl)c2C)c1C(C)C. The Labute approximate surface area is 130 Å². The second-order valence-electron chi connectivity index (χ2n) is 5.44. The summed E-state index contributed by atoms with van der Waals surface area (Å²) in [7, 11) is 0. The van der Waals surface area contributed by atoms with E-state index in [1.165, 1.54) is 0 Å². The summed E-state index contributed by atoms with van der Waals surface area (Å²) >= 11 is 6.26. The molecule has 0 unspecified atom stereocenters. The van der Waals surface area contributed by atoms with Crippen molar-refractivity contribution in [3.8, 4) is 5.82 Å². The molecule has 21 heavy (non-hydrogen) atoms. The number of nitrogens with one attached hydrogen (secondary N) is 1. The van der Waals surface area contributed by atoms with E-state index in [2.05, 4.69) is 41.2 Å². The minimum Gasteiger partial charge on any atom is -0.370 e. The molecule has 0 saturated carbocycles. The zero-order valence-electron chi connectivity index (χ0n) is 13.2. The quantitative estimate of drug-likeness (QED) is 0.911. The third-order valence-electron chi connectivity index (χ3n) is 3.39. The van der Waals surface area contributed by atoms with Gasteiger partial charge in [-0.15, -0.1) is 0 Å². The van der Waals surface area contributed by atoms with Gasteiger partial charge in [0.2, 0.25) is 0 Å². The van der Waals surface area contributed by atoms with E-state index < -0.39 is 0 Å². The van der Waals surface area contributed by atoms with Crippen molar-refractivity contribution < 1.29 is 0 Å². The van der Waals surface area contributed by atoms with Gasteiger partial charge < -0.3 is 5.32 Å². The van der Waals surface area contributed by atoms with Gasteiger partial charge in [-0.25, -0.2) is 14.6 Å². The van der Waals surface area contributed by atoms with E-state index in [1.54, 1.807) is 6.33 Å². The molecule has 0 amide bonds. The second kappa shape index (κ2) is 6.43. The summed E-state index contributed by atoms with van der Waals surface area (Å²) in [6, 6.07) is 0. The molecule has 2 heterocycles. The Balaban J connectivity index is 2.59. The van der Waals surface area contributed by atoms with Crippen LogP contribution in [0.25, 0.3) is 5.82 Å². The normalized spacial score (nSPS) is 11.2. The van der Waals surface area contributed by atoms with Gasteiger partial charge in [0.15, 0.2) is 5.82 Å². The summed E-state index contributed by atoms with van der Waals surface area (Å²) in [5.74, 6) is 1.95. The molecule has 114 valence electrons. The molecule has 0 bridgehead atoms. The molecule has 0 fully saturated rings. The van der Waals surface area contributed by atoms with Crippen LogP contribution in [0.3, 0.4) is 0 Å². The van der Waals surface area contributed by atoms with E-state index in [1.807, 2.05) is 18.5 Å². The molecule has 0 aliphatic heterocycles. The molecular weight excluding hydrogens is 286 g/mol. The van der Waals surface area contributed by atoms with Crippen molar-refractivity contribution in [3.05, 3.63) is 28.3 Å². The number of rotatable bonds is 5. The van der Waals surface area contributed by atoms with Gasteiger partial charge in [0, 0.05) is 12.1 Å². The fourth-order valence-electron chi connectivity index (χ4n) is 2.30. The highest BCUT2D eigenvalue weighted by atomic mass is 35.5. The molecule has 0 radical (unpaired) electrons. The highest BCUT2D eigenvalue weighted by Gasteiger charge is 2.20. The van der Waals surface area contributed by atoms with Crippen molar-refractivity contribution in [2.45, 2.75) is 47.0 Å². The fourth-order valence-corrected chi connectivity index (χ4v) is 2.42. The first-order valence-electron chi connectivity index (χ1n) is 7.28. The van der Waals surface area contributed by atoms with Gasteiger partial charge in [-0.1, -0.05) is 32.4 Å². The third kappa shape index (κ3) is 3.02. The molecule has 0 aromatic carbocycles. The van der Waals surface area contributed by atoms with Crippen molar-refractivity contribution >= 4 is 17.4 Å². The zero-order valence-corrected chi connectivity index (χ0v) is 14.0. The van der Waals surface area contributed by atoms with Crippen LogP contribution in [0.5, 0.6) is 0 Å². The molecule has 2 rings (SSSR count). The van der Waals surface area contributed by atoms with Crippen LogP contribution in [-0.2, 0) is 0 Å². The van der Waals surface area contributed by atoms with Crippen molar-refractivity contribution in [2.24, 2.45) is 0 Å². The van der Waals surface area contributed by atoms with E-state index in [4.69, 9.17) is 11.6 Å². The van der Waals surface area contributed by atoms with E-state index >= 15 is 0 Å². The Hall–Kier alpha value is -1.62. The second-order valence-corrected chi connectivity index (χ2v) is 5.82. The maximum atomic E-state index is 6.26. The van der Waals surface area contributed by atoms with Crippen LogP contribution in [0.1, 0.15) is 50.1 Å². The number of anilines is 1. The minimum atomic E-state index is 0.281. The Morgan fingerprint density at radius 3 is 2.52 bits per heavy atom. The first-order chi connectivity index (χ1) is 9.97. The van der Waals surface area contributed by atoms with Crippen LogP contribution in [0.4, 0.5) is 5.82 Å². The smallest absolute Gasteiger partial charge is 0.162 e. The van der Waals surface area contributed by atoms with Gasteiger partial charge in [-0.2, -0.15) is 5.10 Å². The zero-order chi connectivity index (χ0) is 15.6. The summed E-state index contributed by atoms with van der Waals surface area (Å²) < 4.78 is 1.81. The number of halogens is 1. The lowest BCUT2D eigenvalue weighted by Gasteiger charge is -2.17. The average molecular weight is 308 g/mol. The van der Waals surface area contributed by atoms with Gasteiger partial charge in [-0.3, -0.25) is 0 Å². The molecule has 0 aliphatic carbocycles. The van der Waals surface area contributed by atoms with E-state index in [0.717, 1.165) is 41.6 Å². The van der Waals surface area contributed by atoms with Crippen molar-refractivity contribution in [1.82, 2.24) is 19.7 Å². The molecule has 6 heteroatoms. The van der Waals surface area contributed by atoms with E-state index in [0.29, 0.717) is 5.02 Å². The predicted octanol–water partition coefficient (Wildman–Crippen LogP) is 3.88. The first kappa shape index (κ1) is 15.8. The molecule has 0 spiro atoms. The van der Waals surface area contributed by atoms with E-state index in [-0.39, 0.29) is 5.92 Å². The summed E-state index contributed by atoms with van der Waals surface area (Å²) in [5, 5.41) is 8.57. The van der Waals surface area contributed by atoms with Crippen molar-refractivity contribution in [3.63, 3.8) is 0 Å². The first-order valence-corrected chi connectivity index (χ1v) is 7.66. The molecule has 0 saturated heterocycles. The molecule has 0 aliphatic rings. The van der Waals surface area contributed by atoms with Gasteiger partial charge in [-0.05, 0) is 26.2 Å². The van der Waals surface area contributed by atoms with Crippen molar-refractivity contribution in [1.29, 1.82) is 0 Å². The summed E-state index contributed by atoms with van der Waals surface area (Å²) in [5.41, 5.74) is 2.77. The summed E-state index contributed by atoms with van der Waals surface area (Å²) in [4.78, 5) is 8.83. The maximum absolute atomic E-state index is 6.26. The van der Waals surface area contributed by atoms with Gasteiger partial charge >= 0.3 is 0 Å². The molecule has 5 nitrogen and oxygen atoms in total. The number of aromatic nitrogens is 4. The third-order valence-corrected chi connectivity index (χ3v) is 3.93. The summed E-state index contributed by atoms with van der Waals surface area (Å²) in [6.45, 7) is 11.1. The lowest BCUT2D eigenvalue weighted by molar-refractivity contribution is 0.752. The highest BCUT2D eigenvalue weighted by molar-refractivity contribution is 6.31. The van der Waals surface area contributed by atoms with Crippen LogP contribution in [0, 0.1) is 13.8 Å². The largest absolute Gasteiger partial charge is 0.370 e. The monoisotopic (exact) mass is 307 g/mol. The van der Waals surface area contributed by atoms with Crippen LogP contribution in [0.2, 0.25) is 5.02 Å². The summed E-state index contributed by atoms with van der Waals surface area (Å²) in [6.07, 6.45) is 2.62. The Morgan fingerprint density at radius 2 is 2.00 bits per heavy atom. The maximum Gasteiger partial charge on any atom is 0.162 e. The molecule has 0 atom stereocenters. The molecular formula is C15H22ClN5. The van der Waals surface area contributed by atoms with Crippen LogP contribution >= 0.6 is 11.6 Å². The lowest BCUT2D eigenvalue weighted by Crippen LogP contribution is -2.13. The van der Waals surface area contributed by atoms with Crippen LogP contribution in [-0.4, -0.2) is 26.3 Å². The van der Waals surface area contributed by atoms with Gasteiger partial charge in [0.05, 0.1) is 16.4 Å². The van der Waals surface area contributed by atoms with E-state index in [9.17, 15) is 0 Å². The van der Waals surface area contributed by atoms with Gasteiger partial charge in [0.1, 0.15) is 12.1 Å². The highest BCUT2D eigenvalue weighted by Crippen LogP contribution is 2.30. The molecule has 2 aromatic rings. The topological polar surface area (TPSA) is 55.6 Å². The van der Waals surface area contributed by atoms with Crippen LogP contribution in [0.15, 0.2) is 6.33 Å². The Morgan fingerprint density at radius 1 is 1.29 bits per heavy atom. The number of hydrogen-bond acceptors (Lipinski definition) is 4. The Bertz CT molecular complexity index is 633. The average Bonchev–Trinajstić information content (AvgIpc) is 2.72. The molecule has 2 aromatic heterocycles. The Kier molecular flexibility index (Phi) is 4.83. The minimum absolute atomic E-state index is 0.281. The lowest BCUT2D eigenvalue weighted by atomic mass is 10.0. The number of aryl methyl sites for hydroxylation is 1. The fraction of sp³-hybridized carbons (Fsp3) is 0.533. The standard InChI is InChI=1S/C15H22ClN5/c1-6-7-17-14-12(9(2)3)15(19-8-18-14)21-11(5)13(16)10(4)20-21/h8-9H,6-7H2,1-5H3,(H,17,18,19). The predicted molar refractivity (Wildman–Crippen MR) is 86.5 cm³/mol. The van der Waals surface area contributed by atoms with Crippen LogP contribution < -0.4 is 5.32 Å². The number of nitrogens with zero attached hydrogens (tertiary/aromatic N) is 4. The number of hydrogen-bond donors (Lipinski definition) is 1.